The largest absolute Gasteiger partial charge is 0.286 e. The molecule has 5 heteroatoms. The van der Waals surface area contributed by atoms with E-state index in [2.05, 4.69) is 30.7 Å². The first-order valence-electron chi connectivity index (χ1n) is 1.75. The van der Waals surface area contributed by atoms with E-state index in [9.17, 15) is 0 Å². The zero-order valence-electron chi connectivity index (χ0n) is 3.52. The molecule has 0 N–H and O–H groups in total. The van der Waals surface area contributed by atoms with Gasteiger partial charge in [-0.3, -0.25) is 4.31 Å². The minimum absolute atomic E-state index is 0.645. The van der Waals surface area contributed by atoms with Gasteiger partial charge < -0.3 is 0 Å². The Morgan fingerprint density at radius 3 is 2.43 bits per heavy atom. The standard InChI is InChI=1S/C2H5N3S2/c6-4-1-3-5(7)2-4/h1,6-7H,2H2. The Bertz CT molecular complexity index is 82.9. The Balaban J connectivity index is 2.42. The second-order valence-electron chi connectivity index (χ2n) is 1.18. The highest BCUT2D eigenvalue weighted by Gasteiger charge is 2.03. The third-order valence-electron chi connectivity index (χ3n) is 0.590. The van der Waals surface area contributed by atoms with Crippen molar-refractivity contribution in [3.05, 3.63) is 0 Å². The summed E-state index contributed by atoms with van der Waals surface area (Å²) in [5, 5.41) is 3.74. The van der Waals surface area contributed by atoms with E-state index in [-0.39, 0.29) is 0 Å². The number of hydrogen-bond acceptors (Lipinski definition) is 5. The summed E-state index contributed by atoms with van der Waals surface area (Å²) >= 11 is 7.84. The maximum atomic E-state index is 3.95. The SMILES string of the molecule is SN1C=NN(S)C1. The van der Waals surface area contributed by atoms with Crippen molar-refractivity contribution in [2.45, 2.75) is 0 Å². The van der Waals surface area contributed by atoms with Crippen molar-refractivity contribution in [2.75, 3.05) is 6.67 Å². The molecule has 0 aromatic heterocycles. The predicted octanol–water partition coefficient (Wildman–Crippen LogP) is 0.194. The molecule has 0 aromatic rings. The Morgan fingerprint density at radius 1 is 1.57 bits per heavy atom. The fourth-order valence-electron chi connectivity index (χ4n) is 0.322. The highest BCUT2D eigenvalue weighted by atomic mass is 32.1. The molecule has 0 radical (unpaired) electrons. The third-order valence-corrected chi connectivity index (χ3v) is 1.05. The Hall–Kier alpha value is -0.0300. The van der Waals surface area contributed by atoms with Gasteiger partial charge in [0.25, 0.3) is 0 Å². The van der Waals surface area contributed by atoms with Crippen LogP contribution in [0.4, 0.5) is 0 Å². The summed E-state index contributed by atoms with van der Waals surface area (Å²) in [6.45, 7) is 0.645. The lowest BCUT2D eigenvalue weighted by Crippen LogP contribution is -2.10. The molecule has 1 heterocycles. The summed E-state index contributed by atoms with van der Waals surface area (Å²) in [5.41, 5.74) is 0. The van der Waals surface area contributed by atoms with E-state index < -0.39 is 0 Å². The molecule has 0 aromatic carbocycles. The summed E-state index contributed by atoms with van der Waals surface area (Å²) in [4.78, 5) is 0. The third kappa shape index (κ3) is 1.17. The average Bonchev–Trinajstić information content (AvgIpc) is 1.87. The highest BCUT2D eigenvalue weighted by Crippen LogP contribution is 2.04. The van der Waals surface area contributed by atoms with Crippen LogP contribution in [0, 0.1) is 0 Å². The molecule has 0 unspecified atom stereocenters. The quantitative estimate of drug-likeness (QED) is 0.462. The van der Waals surface area contributed by atoms with Crippen molar-refractivity contribution in [3.8, 4) is 0 Å². The molecular weight excluding hydrogens is 130 g/mol. The summed E-state index contributed by atoms with van der Waals surface area (Å²) in [6, 6.07) is 0. The van der Waals surface area contributed by atoms with E-state index >= 15 is 0 Å². The van der Waals surface area contributed by atoms with Gasteiger partial charge in [-0.05, 0) is 12.8 Å². The molecule has 1 aliphatic heterocycles. The molecule has 1 rings (SSSR count). The van der Waals surface area contributed by atoms with Crippen LogP contribution in [0.15, 0.2) is 5.10 Å². The molecule has 0 spiro atoms. The van der Waals surface area contributed by atoms with Crippen LogP contribution in [0.2, 0.25) is 0 Å². The van der Waals surface area contributed by atoms with E-state index in [1.807, 2.05) is 0 Å². The van der Waals surface area contributed by atoms with Gasteiger partial charge in [-0.2, -0.15) is 5.10 Å². The van der Waals surface area contributed by atoms with Gasteiger partial charge in [-0.1, -0.05) is 12.8 Å². The fourth-order valence-corrected chi connectivity index (χ4v) is 0.770. The molecule has 40 valence electrons. The monoisotopic (exact) mass is 135 g/mol. The van der Waals surface area contributed by atoms with E-state index in [0.717, 1.165) is 0 Å². The Labute approximate surface area is 53.1 Å². The van der Waals surface area contributed by atoms with Gasteiger partial charge in [0.2, 0.25) is 0 Å². The van der Waals surface area contributed by atoms with E-state index in [4.69, 9.17) is 0 Å². The number of rotatable bonds is 0. The molecule has 0 atom stereocenters. The normalized spacial score (nSPS) is 19.1. The topological polar surface area (TPSA) is 18.8 Å². The van der Waals surface area contributed by atoms with Gasteiger partial charge in [0.15, 0.2) is 0 Å². The van der Waals surface area contributed by atoms with Crippen LogP contribution in [0.25, 0.3) is 0 Å². The molecule has 1 aliphatic rings. The molecule has 0 aliphatic carbocycles. The lowest BCUT2D eigenvalue weighted by molar-refractivity contribution is 0.482. The smallest absolute Gasteiger partial charge is 0.130 e. The van der Waals surface area contributed by atoms with Gasteiger partial charge in [-0.25, -0.2) is 4.41 Å². The summed E-state index contributed by atoms with van der Waals surface area (Å²) in [7, 11) is 0. The van der Waals surface area contributed by atoms with Crippen LogP contribution >= 0.6 is 25.6 Å². The predicted molar refractivity (Wildman–Crippen MR) is 35.0 cm³/mol. The number of hydrazone groups is 1. The zero-order valence-corrected chi connectivity index (χ0v) is 5.31. The highest BCUT2D eigenvalue weighted by molar-refractivity contribution is 7.79. The maximum absolute atomic E-state index is 3.95. The van der Waals surface area contributed by atoms with E-state index in [1.54, 1.807) is 10.6 Å². The van der Waals surface area contributed by atoms with Crippen molar-refractivity contribution in [1.29, 1.82) is 0 Å². The molecule has 7 heavy (non-hydrogen) atoms. The average molecular weight is 135 g/mol. The molecule has 0 amide bonds. The summed E-state index contributed by atoms with van der Waals surface area (Å²) in [6.07, 6.45) is 1.59. The number of thiol groups is 2. The number of hydrogen-bond donors (Lipinski definition) is 2. The Morgan fingerprint density at radius 2 is 2.29 bits per heavy atom. The first-order valence-corrected chi connectivity index (χ1v) is 2.55. The lowest BCUT2D eigenvalue weighted by Gasteiger charge is -2.04. The second kappa shape index (κ2) is 1.83. The van der Waals surface area contributed by atoms with E-state index in [1.165, 1.54) is 4.41 Å². The van der Waals surface area contributed by atoms with Crippen LogP contribution < -0.4 is 0 Å². The minimum atomic E-state index is 0.645. The maximum Gasteiger partial charge on any atom is 0.130 e. The minimum Gasteiger partial charge on any atom is -0.286 e. The molecular formula is C2H5N3S2. The van der Waals surface area contributed by atoms with Crippen molar-refractivity contribution in [1.82, 2.24) is 8.72 Å². The van der Waals surface area contributed by atoms with Crippen molar-refractivity contribution in [2.24, 2.45) is 5.10 Å². The van der Waals surface area contributed by atoms with Gasteiger partial charge in [-0.15, -0.1) is 0 Å². The van der Waals surface area contributed by atoms with Gasteiger partial charge in [0.05, 0.1) is 0 Å². The van der Waals surface area contributed by atoms with Crippen molar-refractivity contribution in [3.63, 3.8) is 0 Å². The van der Waals surface area contributed by atoms with Crippen LogP contribution in [-0.2, 0) is 0 Å². The lowest BCUT2D eigenvalue weighted by atomic mass is 11.1. The van der Waals surface area contributed by atoms with Crippen molar-refractivity contribution < 1.29 is 0 Å². The second-order valence-corrected chi connectivity index (χ2v) is 2.16. The molecule has 3 nitrogen and oxygen atoms in total. The van der Waals surface area contributed by atoms with Crippen LogP contribution in [0.5, 0.6) is 0 Å². The molecule has 0 bridgehead atoms. The van der Waals surface area contributed by atoms with E-state index in [0.29, 0.717) is 6.67 Å². The molecule has 0 saturated heterocycles. The first-order chi connectivity index (χ1) is 3.29. The van der Waals surface area contributed by atoms with Gasteiger partial charge >= 0.3 is 0 Å². The van der Waals surface area contributed by atoms with Gasteiger partial charge in [0.1, 0.15) is 13.0 Å². The van der Waals surface area contributed by atoms with Gasteiger partial charge in [0, 0.05) is 0 Å². The molecule has 0 saturated carbocycles. The zero-order chi connectivity index (χ0) is 5.28. The van der Waals surface area contributed by atoms with Crippen LogP contribution in [0.1, 0.15) is 0 Å². The number of nitrogens with zero attached hydrogens (tertiary/aromatic N) is 3. The fraction of sp³-hybridized carbons (Fsp3) is 0.500. The first kappa shape index (κ1) is 5.11. The van der Waals surface area contributed by atoms with Crippen LogP contribution in [-0.4, -0.2) is 21.7 Å². The van der Waals surface area contributed by atoms with Crippen LogP contribution in [0.3, 0.4) is 0 Å². The molecule has 0 fully saturated rings. The summed E-state index contributed by atoms with van der Waals surface area (Å²) < 4.78 is 3.12. The Kier molecular flexibility index (Phi) is 1.34. The van der Waals surface area contributed by atoms with Crippen molar-refractivity contribution >= 4 is 32.0 Å². The summed E-state index contributed by atoms with van der Waals surface area (Å²) in [5.74, 6) is 0.